The maximum atomic E-state index is 12.0. The molecule has 1 amide bonds. The van der Waals surface area contributed by atoms with Gasteiger partial charge in [0, 0.05) is 11.2 Å². The molecule has 0 aliphatic carbocycles. The molecule has 9 heteroatoms. The summed E-state index contributed by atoms with van der Waals surface area (Å²) >= 11 is 0.572. The summed E-state index contributed by atoms with van der Waals surface area (Å²) in [6.07, 6.45) is -0.658. The quantitative estimate of drug-likeness (QED) is 0.339. The van der Waals surface area contributed by atoms with Gasteiger partial charge in [-0.1, -0.05) is 32.5 Å². The molecule has 0 aromatic rings. The number of carbonyl (C=O) groups is 5. The molecule has 0 saturated heterocycles. The zero-order valence-electron chi connectivity index (χ0n) is 15.1. The van der Waals surface area contributed by atoms with E-state index in [1.807, 2.05) is 0 Å². The highest BCUT2D eigenvalue weighted by Crippen LogP contribution is 2.18. The molecule has 0 rings (SSSR count). The molecular formula is C16H25NO7S. The molecule has 0 bridgehead atoms. The molecule has 0 aliphatic heterocycles. The highest BCUT2D eigenvalue weighted by atomic mass is 32.2. The van der Waals surface area contributed by atoms with Gasteiger partial charge in [0.05, 0.1) is 13.2 Å². The number of amides is 1. The van der Waals surface area contributed by atoms with Crippen LogP contribution in [-0.2, 0) is 33.4 Å². The molecule has 0 fully saturated rings. The summed E-state index contributed by atoms with van der Waals surface area (Å²) in [4.78, 5) is 58.8. The summed E-state index contributed by atoms with van der Waals surface area (Å²) in [5.41, 5.74) is 0. The van der Waals surface area contributed by atoms with E-state index < -0.39 is 40.5 Å². The number of esters is 2. The second-order valence-corrected chi connectivity index (χ2v) is 6.76. The number of ketones is 1. The number of hydrogen-bond acceptors (Lipinski definition) is 8. The normalized spacial score (nSPS) is 12.9. The summed E-state index contributed by atoms with van der Waals surface area (Å²) in [5.74, 6) is -3.15. The lowest BCUT2D eigenvalue weighted by atomic mass is 10.1. The molecule has 0 radical (unpaired) electrons. The van der Waals surface area contributed by atoms with Crippen molar-refractivity contribution in [2.24, 2.45) is 5.92 Å². The van der Waals surface area contributed by atoms with Gasteiger partial charge >= 0.3 is 11.9 Å². The molecule has 25 heavy (non-hydrogen) atoms. The Kier molecular flexibility index (Phi) is 10.7. The Morgan fingerprint density at radius 1 is 0.960 bits per heavy atom. The van der Waals surface area contributed by atoms with Crippen LogP contribution < -0.4 is 5.32 Å². The minimum absolute atomic E-state index is 0.107. The molecule has 0 saturated carbocycles. The maximum Gasteiger partial charge on any atom is 0.329 e. The van der Waals surface area contributed by atoms with Crippen molar-refractivity contribution in [1.29, 1.82) is 0 Å². The topological polar surface area (TPSA) is 116 Å². The number of thioether (sulfide) groups is 1. The van der Waals surface area contributed by atoms with Crippen molar-refractivity contribution >= 4 is 40.5 Å². The number of nitrogens with one attached hydrogen (secondary N) is 1. The van der Waals surface area contributed by atoms with Crippen molar-refractivity contribution in [3.05, 3.63) is 0 Å². The number of ether oxygens (including phenoxy) is 2. The van der Waals surface area contributed by atoms with Gasteiger partial charge < -0.3 is 14.8 Å². The van der Waals surface area contributed by atoms with E-state index in [2.05, 4.69) is 10.1 Å². The predicted molar refractivity (Wildman–Crippen MR) is 91.7 cm³/mol. The van der Waals surface area contributed by atoms with Crippen molar-refractivity contribution in [1.82, 2.24) is 5.32 Å². The van der Waals surface area contributed by atoms with Crippen molar-refractivity contribution < 1.29 is 33.4 Å². The van der Waals surface area contributed by atoms with Crippen LogP contribution in [0.3, 0.4) is 0 Å². The van der Waals surface area contributed by atoms with Crippen LogP contribution in [-0.4, -0.2) is 53.2 Å². The van der Waals surface area contributed by atoms with Gasteiger partial charge in [-0.05, 0) is 13.8 Å². The monoisotopic (exact) mass is 375 g/mol. The maximum absolute atomic E-state index is 12.0. The SMILES string of the molecule is CCOC(=O)CC(=O)C(=O)SC(C)C(NC(=O)C(C)C)C(=O)OCC. The molecule has 0 aliphatic rings. The summed E-state index contributed by atoms with van der Waals surface area (Å²) in [6, 6.07) is -1.08. The second kappa shape index (κ2) is 11.6. The standard InChI is InChI=1S/C16H25NO7S/c1-6-23-12(19)8-11(18)16(22)25-10(5)13(15(21)24-7-2)17-14(20)9(3)4/h9-10,13H,6-8H2,1-5H3,(H,17,20). The average Bonchev–Trinajstić information content (AvgIpc) is 2.52. The Balaban J connectivity index is 4.94. The summed E-state index contributed by atoms with van der Waals surface area (Å²) in [5, 5.41) is 0.886. The first-order chi connectivity index (χ1) is 11.6. The third-order valence-corrected chi connectivity index (χ3v) is 4.05. The van der Waals surface area contributed by atoms with Crippen LogP contribution in [0.25, 0.3) is 0 Å². The van der Waals surface area contributed by atoms with Crippen molar-refractivity contribution in [3.8, 4) is 0 Å². The van der Waals surface area contributed by atoms with E-state index in [4.69, 9.17) is 4.74 Å². The zero-order chi connectivity index (χ0) is 19.6. The van der Waals surface area contributed by atoms with E-state index in [1.165, 1.54) is 6.92 Å². The Hall–Kier alpha value is -1.90. The van der Waals surface area contributed by atoms with Crippen LogP contribution in [0.15, 0.2) is 0 Å². The van der Waals surface area contributed by atoms with Crippen molar-refractivity contribution in [2.45, 2.75) is 52.3 Å². The molecule has 1 N–H and O–H groups in total. The number of hydrogen-bond donors (Lipinski definition) is 1. The molecule has 0 spiro atoms. The van der Waals surface area contributed by atoms with Crippen LogP contribution in [0.4, 0.5) is 0 Å². The molecule has 0 heterocycles. The molecule has 142 valence electrons. The van der Waals surface area contributed by atoms with Crippen molar-refractivity contribution in [3.63, 3.8) is 0 Å². The second-order valence-electron chi connectivity index (χ2n) is 5.41. The number of carbonyl (C=O) groups excluding carboxylic acids is 5. The Labute approximate surface area is 151 Å². The van der Waals surface area contributed by atoms with Crippen LogP contribution in [0.2, 0.25) is 0 Å². The summed E-state index contributed by atoms with van der Waals surface area (Å²) < 4.78 is 9.52. The first-order valence-electron chi connectivity index (χ1n) is 8.00. The van der Waals surface area contributed by atoms with Crippen LogP contribution in [0.5, 0.6) is 0 Å². The fraction of sp³-hybridized carbons (Fsp3) is 0.688. The van der Waals surface area contributed by atoms with E-state index in [-0.39, 0.29) is 25.0 Å². The average molecular weight is 375 g/mol. The van der Waals surface area contributed by atoms with Gasteiger partial charge in [0.15, 0.2) is 0 Å². The Morgan fingerprint density at radius 2 is 1.52 bits per heavy atom. The zero-order valence-corrected chi connectivity index (χ0v) is 15.9. The highest BCUT2D eigenvalue weighted by molar-refractivity contribution is 8.16. The molecule has 2 unspecified atom stereocenters. The van der Waals surface area contributed by atoms with Crippen LogP contribution in [0, 0.1) is 5.92 Å². The fourth-order valence-electron chi connectivity index (χ4n) is 1.64. The molecule has 0 aromatic carbocycles. The Bertz CT molecular complexity index is 519. The van der Waals surface area contributed by atoms with Crippen LogP contribution >= 0.6 is 11.8 Å². The van der Waals surface area contributed by atoms with Gasteiger partial charge in [0.25, 0.3) is 5.12 Å². The van der Waals surface area contributed by atoms with E-state index in [9.17, 15) is 24.0 Å². The summed E-state index contributed by atoms with van der Waals surface area (Å²) in [7, 11) is 0. The van der Waals surface area contributed by atoms with Gasteiger partial charge in [-0.15, -0.1) is 0 Å². The molecule has 0 aromatic heterocycles. The minimum Gasteiger partial charge on any atom is -0.466 e. The third kappa shape index (κ3) is 8.67. The van der Waals surface area contributed by atoms with Gasteiger partial charge in [-0.25, -0.2) is 4.79 Å². The lowest BCUT2D eigenvalue weighted by molar-refractivity contribution is -0.148. The van der Waals surface area contributed by atoms with E-state index >= 15 is 0 Å². The van der Waals surface area contributed by atoms with Gasteiger partial charge in [-0.2, -0.15) is 0 Å². The van der Waals surface area contributed by atoms with Gasteiger partial charge in [0.2, 0.25) is 11.7 Å². The Morgan fingerprint density at radius 3 is 2.00 bits per heavy atom. The minimum atomic E-state index is -1.08. The van der Waals surface area contributed by atoms with Gasteiger partial charge in [0.1, 0.15) is 12.5 Å². The lowest BCUT2D eigenvalue weighted by Crippen LogP contribution is -2.49. The molecule has 2 atom stereocenters. The summed E-state index contributed by atoms with van der Waals surface area (Å²) in [6.45, 7) is 8.25. The van der Waals surface area contributed by atoms with E-state index in [0.29, 0.717) is 11.8 Å². The first-order valence-corrected chi connectivity index (χ1v) is 8.88. The van der Waals surface area contributed by atoms with E-state index in [0.717, 1.165) is 0 Å². The predicted octanol–water partition coefficient (Wildman–Crippen LogP) is 0.861. The highest BCUT2D eigenvalue weighted by Gasteiger charge is 2.32. The largest absolute Gasteiger partial charge is 0.466 e. The lowest BCUT2D eigenvalue weighted by Gasteiger charge is -2.23. The van der Waals surface area contributed by atoms with Gasteiger partial charge in [-0.3, -0.25) is 19.2 Å². The smallest absolute Gasteiger partial charge is 0.329 e. The van der Waals surface area contributed by atoms with Crippen LogP contribution in [0.1, 0.15) is 41.0 Å². The first kappa shape index (κ1) is 23.1. The fourth-order valence-corrected chi connectivity index (χ4v) is 2.49. The molecule has 8 nitrogen and oxygen atoms in total. The number of rotatable bonds is 10. The third-order valence-electron chi connectivity index (χ3n) is 2.96. The van der Waals surface area contributed by atoms with Crippen molar-refractivity contribution in [2.75, 3.05) is 13.2 Å². The van der Waals surface area contributed by atoms with E-state index in [1.54, 1.807) is 27.7 Å². The molecular weight excluding hydrogens is 350 g/mol. The number of Topliss-reactive ketones (excluding diaryl/α,β-unsaturated/α-hetero) is 1.